The number of methoxy groups -OCH3 is 1. The molecule has 31 heavy (non-hydrogen) atoms. The summed E-state index contributed by atoms with van der Waals surface area (Å²) in [6.07, 6.45) is -4.66. The van der Waals surface area contributed by atoms with Crippen LogP contribution in [-0.4, -0.2) is 28.7 Å². The molecule has 1 N–H and O–H groups in total. The number of hydrogen-bond donors (Lipinski definition) is 1. The van der Waals surface area contributed by atoms with E-state index < -0.39 is 17.8 Å². The molecule has 0 radical (unpaired) electrons. The minimum absolute atomic E-state index is 0.0833. The van der Waals surface area contributed by atoms with Crippen LogP contribution in [0.3, 0.4) is 0 Å². The van der Waals surface area contributed by atoms with Gasteiger partial charge in [0, 0.05) is 11.3 Å². The summed E-state index contributed by atoms with van der Waals surface area (Å²) in [6.45, 7) is 0. The number of alkyl halides is 3. The van der Waals surface area contributed by atoms with Crippen molar-refractivity contribution in [2.75, 3.05) is 18.2 Å². The van der Waals surface area contributed by atoms with Crippen LogP contribution in [0.1, 0.15) is 11.3 Å². The molecule has 6 nitrogen and oxygen atoms in total. The van der Waals surface area contributed by atoms with Crippen molar-refractivity contribution in [1.82, 2.24) is 9.97 Å². The third-order valence-electron chi connectivity index (χ3n) is 4.01. The summed E-state index contributed by atoms with van der Waals surface area (Å²) in [4.78, 5) is 19.9. The van der Waals surface area contributed by atoms with Gasteiger partial charge in [-0.25, -0.2) is 9.97 Å². The average molecular weight is 444 g/mol. The van der Waals surface area contributed by atoms with Crippen molar-refractivity contribution in [1.29, 1.82) is 5.26 Å². The minimum Gasteiger partial charge on any atom is -0.497 e. The number of benzene rings is 2. The molecule has 10 heteroatoms. The normalized spacial score (nSPS) is 10.9. The molecule has 1 amide bonds. The lowest BCUT2D eigenvalue weighted by Crippen LogP contribution is -2.15. The van der Waals surface area contributed by atoms with Gasteiger partial charge >= 0.3 is 6.18 Å². The van der Waals surface area contributed by atoms with Crippen molar-refractivity contribution < 1.29 is 22.7 Å². The summed E-state index contributed by atoms with van der Waals surface area (Å²) >= 11 is 0.791. The third kappa shape index (κ3) is 5.96. The topological polar surface area (TPSA) is 87.9 Å². The fourth-order valence-corrected chi connectivity index (χ4v) is 3.16. The summed E-state index contributed by atoms with van der Waals surface area (Å²) in [6, 6.07) is 15.4. The van der Waals surface area contributed by atoms with E-state index in [0.717, 1.165) is 17.8 Å². The molecule has 0 spiro atoms. The highest BCUT2D eigenvalue weighted by atomic mass is 32.2. The lowest BCUT2D eigenvalue weighted by Gasteiger charge is -2.11. The zero-order chi connectivity index (χ0) is 22.4. The Morgan fingerprint density at radius 3 is 2.39 bits per heavy atom. The van der Waals surface area contributed by atoms with Crippen molar-refractivity contribution in [3.8, 4) is 23.1 Å². The second-order valence-electron chi connectivity index (χ2n) is 6.17. The second kappa shape index (κ2) is 9.49. The number of nitrogens with one attached hydrogen (secondary N) is 1. The first kappa shape index (κ1) is 22.1. The fourth-order valence-electron chi connectivity index (χ4n) is 2.50. The van der Waals surface area contributed by atoms with Crippen LogP contribution in [0.15, 0.2) is 59.8 Å². The van der Waals surface area contributed by atoms with E-state index in [-0.39, 0.29) is 16.6 Å². The zero-order valence-corrected chi connectivity index (χ0v) is 16.9. The lowest BCUT2D eigenvalue weighted by molar-refractivity contribution is -0.141. The maximum atomic E-state index is 13.3. The molecule has 3 aromatic rings. The average Bonchev–Trinajstić information content (AvgIpc) is 2.77. The molecule has 158 valence electrons. The number of nitriles is 1. The van der Waals surface area contributed by atoms with Crippen molar-refractivity contribution in [3.63, 3.8) is 0 Å². The van der Waals surface area contributed by atoms with Gasteiger partial charge in [-0.15, -0.1) is 0 Å². The highest BCUT2D eigenvalue weighted by molar-refractivity contribution is 7.99. The zero-order valence-electron chi connectivity index (χ0n) is 16.1. The first-order valence-corrected chi connectivity index (χ1v) is 9.80. The van der Waals surface area contributed by atoms with Crippen LogP contribution in [0, 0.1) is 11.3 Å². The van der Waals surface area contributed by atoms with E-state index in [4.69, 9.17) is 10.00 Å². The first-order valence-electron chi connectivity index (χ1n) is 8.82. The van der Waals surface area contributed by atoms with Crippen LogP contribution in [0.4, 0.5) is 18.9 Å². The predicted molar refractivity (Wildman–Crippen MR) is 110 cm³/mol. The lowest BCUT2D eigenvalue weighted by atomic mass is 10.1. The number of ether oxygens (including phenoxy) is 1. The molecule has 0 bridgehead atoms. The number of thioether (sulfide) groups is 1. The fraction of sp³-hybridized carbons (Fsp3) is 0.143. The van der Waals surface area contributed by atoms with E-state index in [0.29, 0.717) is 22.6 Å². The number of nitrogens with zero attached hydrogens (tertiary/aromatic N) is 3. The summed E-state index contributed by atoms with van der Waals surface area (Å²) in [5.74, 6) is -0.0757. The van der Waals surface area contributed by atoms with Gasteiger partial charge in [-0.1, -0.05) is 11.8 Å². The smallest absolute Gasteiger partial charge is 0.433 e. The molecule has 3 rings (SSSR count). The van der Waals surface area contributed by atoms with Crippen LogP contribution in [0.5, 0.6) is 5.75 Å². The van der Waals surface area contributed by atoms with Gasteiger partial charge in [0.25, 0.3) is 0 Å². The second-order valence-corrected chi connectivity index (χ2v) is 7.12. The standard InChI is InChI=1S/C21H15F3N4O2S/c1-30-16-8-4-14(5-9-16)17-10-18(21(22,23)24)28-20(27-17)31-12-19(29)26-15-6-2-13(11-25)3-7-15/h2-10H,12H2,1H3,(H,26,29). The number of aromatic nitrogens is 2. The molecule has 0 saturated carbocycles. The molecule has 0 fully saturated rings. The number of anilines is 1. The number of rotatable bonds is 6. The number of halogens is 3. The molecule has 0 aliphatic carbocycles. The van der Waals surface area contributed by atoms with Crippen LogP contribution < -0.4 is 10.1 Å². The highest BCUT2D eigenvalue weighted by Gasteiger charge is 2.34. The van der Waals surface area contributed by atoms with E-state index >= 15 is 0 Å². The molecular weight excluding hydrogens is 429 g/mol. The summed E-state index contributed by atoms with van der Waals surface area (Å²) < 4.78 is 45.0. The molecule has 0 unspecified atom stereocenters. The SMILES string of the molecule is COc1ccc(-c2cc(C(F)(F)F)nc(SCC(=O)Nc3ccc(C#N)cc3)n2)cc1. The molecule has 1 heterocycles. The van der Waals surface area contributed by atoms with Gasteiger partial charge in [-0.3, -0.25) is 4.79 Å². The quantitative estimate of drug-likeness (QED) is 0.435. The van der Waals surface area contributed by atoms with Crippen LogP contribution in [-0.2, 0) is 11.0 Å². The van der Waals surface area contributed by atoms with Crippen molar-refractivity contribution in [2.24, 2.45) is 0 Å². The molecular formula is C21H15F3N4O2S. The van der Waals surface area contributed by atoms with Gasteiger partial charge < -0.3 is 10.1 Å². The summed E-state index contributed by atoms with van der Waals surface area (Å²) in [5.41, 5.74) is 0.352. The van der Waals surface area contributed by atoms with Crippen molar-refractivity contribution >= 4 is 23.4 Å². The van der Waals surface area contributed by atoms with Gasteiger partial charge in [0.15, 0.2) is 5.16 Å². The van der Waals surface area contributed by atoms with E-state index in [2.05, 4.69) is 15.3 Å². The van der Waals surface area contributed by atoms with Gasteiger partial charge in [-0.2, -0.15) is 18.4 Å². The molecule has 0 saturated heterocycles. The first-order chi connectivity index (χ1) is 14.8. The molecule has 0 atom stereocenters. The summed E-state index contributed by atoms with van der Waals surface area (Å²) in [5, 5.41) is 11.2. The largest absolute Gasteiger partial charge is 0.497 e. The van der Waals surface area contributed by atoms with E-state index in [9.17, 15) is 18.0 Å². The Labute approximate surface area is 180 Å². The van der Waals surface area contributed by atoms with Gasteiger partial charge in [0.05, 0.1) is 30.2 Å². The molecule has 1 aromatic heterocycles. The Bertz CT molecular complexity index is 1110. The van der Waals surface area contributed by atoms with Crippen LogP contribution in [0.25, 0.3) is 11.3 Å². The van der Waals surface area contributed by atoms with Crippen molar-refractivity contribution in [2.45, 2.75) is 11.3 Å². The maximum Gasteiger partial charge on any atom is 0.433 e. The van der Waals surface area contributed by atoms with Gasteiger partial charge in [0.1, 0.15) is 11.4 Å². The maximum absolute atomic E-state index is 13.3. The molecule has 2 aromatic carbocycles. The van der Waals surface area contributed by atoms with Crippen molar-refractivity contribution in [3.05, 3.63) is 65.9 Å². The monoisotopic (exact) mass is 444 g/mol. The Morgan fingerprint density at radius 2 is 1.81 bits per heavy atom. The molecule has 0 aliphatic heterocycles. The summed E-state index contributed by atoms with van der Waals surface area (Å²) in [7, 11) is 1.49. The molecule has 0 aliphatic rings. The minimum atomic E-state index is -4.66. The number of hydrogen-bond acceptors (Lipinski definition) is 6. The van der Waals surface area contributed by atoms with Gasteiger partial charge in [0.2, 0.25) is 5.91 Å². The van der Waals surface area contributed by atoms with Crippen LogP contribution in [0.2, 0.25) is 0 Å². The highest BCUT2D eigenvalue weighted by Crippen LogP contribution is 2.32. The number of carbonyl (C=O) groups is 1. The number of carbonyl (C=O) groups excluding carboxylic acids is 1. The third-order valence-corrected chi connectivity index (χ3v) is 4.86. The number of amides is 1. The van der Waals surface area contributed by atoms with E-state index in [1.807, 2.05) is 6.07 Å². The Balaban J connectivity index is 1.77. The van der Waals surface area contributed by atoms with E-state index in [1.54, 1.807) is 48.5 Å². The van der Waals surface area contributed by atoms with Gasteiger partial charge in [-0.05, 0) is 54.6 Å². The predicted octanol–water partition coefficient (Wildman–Crippen LogP) is 4.77. The Kier molecular flexibility index (Phi) is 6.77. The van der Waals surface area contributed by atoms with E-state index in [1.165, 1.54) is 7.11 Å². The Morgan fingerprint density at radius 1 is 1.13 bits per heavy atom. The Hall–Kier alpha value is -3.58. The van der Waals surface area contributed by atoms with Crippen LogP contribution >= 0.6 is 11.8 Å².